The standard InChI is InChI=1S/C15H20N4O2.ClH/c1-21-8-7-19-11-13(10-17-19)18-15(20)14(16)9-12-5-3-2-4-6-12;/h2-6,10-11,14H,7-9,16H2,1H3,(H,18,20);1H/t14-;/m0./s1. The second-order valence-corrected chi connectivity index (χ2v) is 4.77. The number of nitrogens with two attached hydrogens (primary N) is 1. The number of aromatic nitrogens is 2. The van der Waals surface area contributed by atoms with Crippen molar-refractivity contribution >= 4 is 24.0 Å². The van der Waals surface area contributed by atoms with Crippen molar-refractivity contribution in [3.05, 3.63) is 48.3 Å². The fourth-order valence-corrected chi connectivity index (χ4v) is 1.93. The first-order valence-electron chi connectivity index (χ1n) is 6.81. The Labute approximate surface area is 136 Å². The minimum absolute atomic E-state index is 0. The molecule has 0 aliphatic carbocycles. The van der Waals surface area contributed by atoms with E-state index in [4.69, 9.17) is 10.5 Å². The molecule has 0 saturated heterocycles. The Morgan fingerprint density at radius 3 is 2.82 bits per heavy atom. The van der Waals surface area contributed by atoms with Crippen LogP contribution in [-0.2, 0) is 22.5 Å². The van der Waals surface area contributed by atoms with Gasteiger partial charge in [0.25, 0.3) is 0 Å². The van der Waals surface area contributed by atoms with Crippen LogP contribution in [0.4, 0.5) is 5.69 Å². The van der Waals surface area contributed by atoms with Gasteiger partial charge in [-0.15, -0.1) is 12.4 Å². The van der Waals surface area contributed by atoms with Gasteiger partial charge in [0.1, 0.15) is 0 Å². The van der Waals surface area contributed by atoms with E-state index in [1.807, 2.05) is 30.3 Å². The lowest BCUT2D eigenvalue weighted by Crippen LogP contribution is -2.37. The summed E-state index contributed by atoms with van der Waals surface area (Å²) in [5.74, 6) is -0.217. The lowest BCUT2D eigenvalue weighted by Gasteiger charge is -2.11. The molecule has 2 rings (SSSR count). The van der Waals surface area contributed by atoms with Crippen LogP contribution in [0.1, 0.15) is 5.56 Å². The minimum Gasteiger partial charge on any atom is -0.383 e. The number of carbonyl (C=O) groups is 1. The first-order valence-corrected chi connectivity index (χ1v) is 6.81. The number of nitrogens with zero attached hydrogens (tertiary/aromatic N) is 2. The number of halogens is 1. The van der Waals surface area contributed by atoms with E-state index in [9.17, 15) is 4.79 Å². The van der Waals surface area contributed by atoms with E-state index < -0.39 is 6.04 Å². The molecule has 22 heavy (non-hydrogen) atoms. The molecule has 0 aliphatic rings. The summed E-state index contributed by atoms with van der Waals surface area (Å²) in [5.41, 5.74) is 7.60. The van der Waals surface area contributed by atoms with Crippen molar-refractivity contribution < 1.29 is 9.53 Å². The number of rotatable bonds is 7. The van der Waals surface area contributed by atoms with E-state index in [0.717, 1.165) is 5.56 Å². The van der Waals surface area contributed by atoms with Crippen molar-refractivity contribution in [3.63, 3.8) is 0 Å². The molecule has 1 aromatic carbocycles. The van der Waals surface area contributed by atoms with Crippen molar-refractivity contribution in [2.24, 2.45) is 5.73 Å². The highest BCUT2D eigenvalue weighted by Gasteiger charge is 2.14. The molecule has 1 amide bonds. The van der Waals surface area contributed by atoms with Crippen molar-refractivity contribution in [2.45, 2.75) is 19.0 Å². The number of amides is 1. The van der Waals surface area contributed by atoms with Crippen LogP contribution in [0, 0.1) is 0 Å². The van der Waals surface area contributed by atoms with Gasteiger partial charge in [-0.1, -0.05) is 30.3 Å². The summed E-state index contributed by atoms with van der Waals surface area (Å²) < 4.78 is 6.68. The normalized spacial score (nSPS) is 11.5. The molecule has 0 bridgehead atoms. The van der Waals surface area contributed by atoms with Gasteiger partial charge in [0.05, 0.1) is 31.1 Å². The third kappa shape index (κ3) is 5.48. The van der Waals surface area contributed by atoms with Gasteiger partial charge in [0, 0.05) is 13.3 Å². The van der Waals surface area contributed by atoms with Crippen LogP contribution in [0.5, 0.6) is 0 Å². The Morgan fingerprint density at radius 1 is 1.41 bits per heavy atom. The number of ether oxygens (including phenoxy) is 1. The minimum atomic E-state index is -0.588. The molecule has 7 heteroatoms. The van der Waals surface area contributed by atoms with Crippen molar-refractivity contribution in [1.29, 1.82) is 0 Å². The van der Waals surface area contributed by atoms with Gasteiger partial charge in [-0.3, -0.25) is 9.48 Å². The van der Waals surface area contributed by atoms with Crippen LogP contribution in [0.2, 0.25) is 0 Å². The van der Waals surface area contributed by atoms with E-state index in [-0.39, 0.29) is 18.3 Å². The van der Waals surface area contributed by atoms with Crippen LogP contribution in [0.15, 0.2) is 42.7 Å². The van der Waals surface area contributed by atoms with Gasteiger partial charge in [0.15, 0.2) is 0 Å². The molecule has 1 aromatic heterocycles. The van der Waals surface area contributed by atoms with Crippen molar-refractivity contribution in [1.82, 2.24) is 9.78 Å². The zero-order valence-electron chi connectivity index (χ0n) is 12.4. The van der Waals surface area contributed by atoms with Crippen molar-refractivity contribution in [2.75, 3.05) is 19.0 Å². The number of benzene rings is 1. The topological polar surface area (TPSA) is 82.2 Å². The monoisotopic (exact) mass is 324 g/mol. The summed E-state index contributed by atoms with van der Waals surface area (Å²) >= 11 is 0. The lowest BCUT2D eigenvalue weighted by molar-refractivity contribution is -0.117. The van der Waals surface area contributed by atoms with Crippen LogP contribution >= 0.6 is 12.4 Å². The summed E-state index contributed by atoms with van der Waals surface area (Å²) in [6.45, 7) is 1.21. The quantitative estimate of drug-likeness (QED) is 0.808. The average Bonchev–Trinajstić information content (AvgIpc) is 2.93. The Morgan fingerprint density at radius 2 is 2.14 bits per heavy atom. The Hall–Kier alpha value is -1.89. The van der Waals surface area contributed by atoms with Gasteiger partial charge < -0.3 is 15.8 Å². The zero-order chi connectivity index (χ0) is 15.1. The highest BCUT2D eigenvalue weighted by atomic mass is 35.5. The number of hydrogen-bond donors (Lipinski definition) is 2. The third-order valence-corrected chi connectivity index (χ3v) is 3.06. The smallest absolute Gasteiger partial charge is 0.241 e. The number of methoxy groups -OCH3 is 1. The molecule has 0 aliphatic heterocycles. The maximum absolute atomic E-state index is 12.0. The van der Waals surface area contributed by atoms with E-state index in [2.05, 4.69) is 10.4 Å². The number of hydrogen-bond acceptors (Lipinski definition) is 4. The summed E-state index contributed by atoms with van der Waals surface area (Å²) in [4.78, 5) is 12.0. The fourth-order valence-electron chi connectivity index (χ4n) is 1.93. The Kier molecular flexibility index (Phi) is 7.59. The van der Waals surface area contributed by atoms with Gasteiger partial charge in [-0.2, -0.15) is 5.10 Å². The molecule has 0 unspecified atom stereocenters. The molecular weight excluding hydrogens is 304 g/mol. The SMILES string of the molecule is COCCn1cc(NC(=O)[C@@H](N)Cc2ccccc2)cn1.Cl. The Bertz CT molecular complexity index is 574. The Balaban J connectivity index is 0.00000242. The molecule has 0 fully saturated rings. The molecule has 0 spiro atoms. The van der Waals surface area contributed by atoms with Crippen LogP contribution < -0.4 is 11.1 Å². The second-order valence-electron chi connectivity index (χ2n) is 4.77. The first kappa shape index (κ1) is 18.2. The van der Waals surface area contributed by atoms with E-state index in [1.165, 1.54) is 0 Å². The molecule has 120 valence electrons. The summed E-state index contributed by atoms with van der Waals surface area (Å²) in [6.07, 6.45) is 3.86. The molecule has 0 radical (unpaired) electrons. The maximum atomic E-state index is 12.0. The maximum Gasteiger partial charge on any atom is 0.241 e. The van der Waals surface area contributed by atoms with Crippen molar-refractivity contribution in [3.8, 4) is 0 Å². The predicted molar refractivity (Wildman–Crippen MR) is 88.1 cm³/mol. The number of nitrogens with one attached hydrogen (secondary N) is 1. The van der Waals surface area contributed by atoms with Gasteiger partial charge in [0.2, 0.25) is 5.91 Å². The number of carbonyl (C=O) groups excluding carboxylic acids is 1. The first-order chi connectivity index (χ1) is 10.2. The van der Waals surface area contributed by atoms with E-state index in [1.54, 1.807) is 24.2 Å². The molecule has 2 aromatic rings. The van der Waals surface area contributed by atoms with Gasteiger partial charge >= 0.3 is 0 Å². The summed E-state index contributed by atoms with van der Waals surface area (Å²) in [6, 6.07) is 9.12. The predicted octanol–water partition coefficient (Wildman–Crippen LogP) is 1.46. The highest BCUT2D eigenvalue weighted by molar-refractivity contribution is 5.94. The van der Waals surface area contributed by atoms with Crippen LogP contribution in [0.3, 0.4) is 0 Å². The zero-order valence-corrected chi connectivity index (χ0v) is 13.3. The molecule has 1 atom stereocenters. The highest BCUT2D eigenvalue weighted by Crippen LogP contribution is 2.07. The molecule has 3 N–H and O–H groups in total. The van der Waals surface area contributed by atoms with Crippen LogP contribution in [0.25, 0.3) is 0 Å². The van der Waals surface area contributed by atoms with Crippen LogP contribution in [-0.4, -0.2) is 35.4 Å². The second kappa shape index (κ2) is 9.19. The number of anilines is 1. The van der Waals surface area contributed by atoms with E-state index in [0.29, 0.717) is 25.3 Å². The van der Waals surface area contributed by atoms with E-state index >= 15 is 0 Å². The fraction of sp³-hybridized carbons (Fsp3) is 0.333. The molecule has 6 nitrogen and oxygen atoms in total. The molecule has 0 saturated carbocycles. The summed E-state index contributed by atoms with van der Waals surface area (Å²) in [5, 5.41) is 6.90. The summed E-state index contributed by atoms with van der Waals surface area (Å²) in [7, 11) is 1.63. The van der Waals surface area contributed by atoms with Gasteiger partial charge in [-0.05, 0) is 12.0 Å². The van der Waals surface area contributed by atoms with Gasteiger partial charge in [-0.25, -0.2) is 0 Å². The average molecular weight is 325 g/mol. The largest absolute Gasteiger partial charge is 0.383 e. The third-order valence-electron chi connectivity index (χ3n) is 3.06. The lowest BCUT2D eigenvalue weighted by atomic mass is 10.1. The molecular formula is C15H21ClN4O2. The molecule has 1 heterocycles.